The highest BCUT2D eigenvalue weighted by Gasteiger charge is 2.18. The molecular formula is C13H29IN4O. The number of likely N-dealkylation sites (N-methyl/N-ethyl adjacent to an activating group) is 1. The predicted octanol–water partition coefficient (Wildman–Crippen LogP) is 1.14. The van der Waals surface area contributed by atoms with Crippen molar-refractivity contribution in [1.82, 2.24) is 15.5 Å². The lowest BCUT2D eigenvalue weighted by Gasteiger charge is -2.30. The Balaban J connectivity index is 0.00000324. The minimum atomic E-state index is 0. The third kappa shape index (κ3) is 7.31. The molecule has 6 heteroatoms. The van der Waals surface area contributed by atoms with E-state index in [0.717, 1.165) is 32.2 Å². The van der Waals surface area contributed by atoms with Gasteiger partial charge in [-0.25, -0.2) is 0 Å². The number of guanidine groups is 1. The quantitative estimate of drug-likeness (QED) is 0.434. The second kappa shape index (κ2) is 9.77. The normalized spacial score (nSPS) is 22.8. The van der Waals surface area contributed by atoms with E-state index in [0.29, 0.717) is 12.0 Å². The van der Waals surface area contributed by atoms with Crippen molar-refractivity contribution < 1.29 is 4.74 Å². The summed E-state index contributed by atoms with van der Waals surface area (Å²) in [5.74, 6) is 1.44. The highest BCUT2D eigenvalue weighted by Crippen LogP contribution is 2.02. The number of aliphatic imine (C=N–C) groups is 1. The largest absolute Gasteiger partial charge is 0.374 e. The predicted molar refractivity (Wildman–Crippen MR) is 91.4 cm³/mol. The summed E-state index contributed by atoms with van der Waals surface area (Å²) in [6.45, 7) is 10.2. The maximum atomic E-state index is 5.71. The van der Waals surface area contributed by atoms with Crippen molar-refractivity contribution in [3.8, 4) is 0 Å². The number of nitrogens with one attached hydrogen (secondary N) is 2. The van der Waals surface area contributed by atoms with Crippen molar-refractivity contribution in [3.05, 3.63) is 0 Å². The van der Waals surface area contributed by atoms with Gasteiger partial charge in [-0.1, -0.05) is 13.8 Å². The molecule has 0 amide bonds. The number of ether oxygens (including phenoxy) is 1. The van der Waals surface area contributed by atoms with Crippen molar-refractivity contribution in [2.75, 3.05) is 40.3 Å². The van der Waals surface area contributed by atoms with Crippen molar-refractivity contribution in [1.29, 1.82) is 0 Å². The van der Waals surface area contributed by atoms with E-state index in [4.69, 9.17) is 4.74 Å². The number of hydrogen-bond donors (Lipinski definition) is 2. The molecule has 1 aliphatic heterocycles. The van der Waals surface area contributed by atoms with Gasteiger partial charge in [-0.15, -0.1) is 24.0 Å². The van der Waals surface area contributed by atoms with Crippen LogP contribution in [0.25, 0.3) is 0 Å². The minimum absolute atomic E-state index is 0. The Hall–Kier alpha value is -0.0800. The minimum Gasteiger partial charge on any atom is -0.374 e. The van der Waals surface area contributed by atoms with Crippen LogP contribution < -0.4 is 10.6 Å². The summed E-state index contributed by atoms with van der Waals surface area (Å²) in [7, 11) is 3.93. The summed E-state index contributed by atoms with van der Waals surface area (Å²) in [5.41, 5.74) is 0. The summed E-state index contributed by atoms with van der Waals surface area (Å²) >= 11 is 0. The van der Waals surface area contributed by atoms with E-state index in [-0.39, 0.29) is 30.1 Å². The standard InChI is InChI=1S/C13H28N4O.HI/c1-10(2)11(3)16-13(14-4)15-8-12-9-17(5)6-7-18-12;/h10-12H,6-9H2,1-5H3,(H2,14,15,16);1H. The number of hydrogen-bond acceptors (Lipinski definition) is 3. The topological polar surface area (TPSA) is 48.9 Å². The average Bonchev–Trinajstić information content (AvgIpc) is 2.34. The molecule has 0 radical (unpaired) electrons. The van der Waals surface area contributed by atoms with Crippen LogP contribution in [0.5, 0.6) is 0 Å². The molecule has 0 bridgehead atoms. The highest BCUT2D eigenvalue weighted by molar-refractivity contribution is 14.0. The van der Waals surface area contributed by atoms with Crippen LogP contribution in [0.3, 0.4) is 0 Å². The van der Waals surface area contributed by atoms with Crippen molar-refractivity contribution in [3.63, 3.8) is 0 Å². The van der Waals surface area contributed by atoms with Gasteiger partial charge in [-0.3, -0.25) is 4.99 Å². The Bertz CT molecular complexity index is 273. The van der Waals surface area contributed by atoms with Crippen LogP contribution in [-0.4, -0.2) is 63.3 Å². The summed E-state index contributed by atoms with van der Waals surface area (Å²) in [6, 6.07) is 0.408. The fourth-order valence-electron chi connectivity index (χ4n) is 1.78. The molecule has 1 aliphatic rings. The molecule has 1 rings (SSSR count). The Kier molecular flexibility index (Phi) is 9.72. The van der Waals surface area contributed by atoms with Crippen LogP contribution in [0.1, 0.15) is 20.8 Å². The van der Waals surface area contributed by atoms with E-state index in [1.165, 1.54) is 0 Å². The molecule has 0 aromatic carbocycles. The molecule has 2 atom stereocenters. The zero-order valence-corrected chi connectivity index (χ0v) is 15.1. The highest BCUT2D eigenvalue weighted by atomic mass is 127. The van der Waals surface area contributed by atoms with Crippen molar-refractivity contribution >= 4 is 29.9 Å². The van der Waals surface area contributed by atoms with Gasteiger partial charge in [-0.05, 0) is 19.9 Å². The van der Waals surface area contributed by atoms with Crippen LogP contribution in [0.15, 0.2) is 4.99 Å². The average molecular weight is 384 g/mol. The van der Waals surface area contributed by atoms with Crippen LogP contribution >= 0.6 is 24.0 Å². The first-order valence-electron chi connectivity index (χ1n) is 6.80. The Morgan fingerprint density at radius 3 is 2.63 bits per heavy atom. The van der Waals surface area contributed by atoms with Crippen LogP contribution in [0.4, 0.5) is 0 Å². The molecule has 1 saturated heterocycles. The van der Waals surface area contributed by atoms with E-state index in [2.05, 4.69) is 48.3 Å². The molecule has 0 aromatic heterocycles. The Labute approximate surface area is 134 Å². The van der Waals surface area contributed by atoms with E-state index < -0.39 is 0 Å². The number of rotatable bonds is 4. The maximum Gasteiger partial charge on any atom is 0.191 e. The third-order valence-corrected chi connectivity index (χ3v) is 3.43. The molecule has 2 unspecified atom stereocenters. The second-order valence-corrected chi connectivity index (χ2v) is 5.39. The van der Waals surface area contributed by atoms with E-state index in [1.54, 1.807) is 7.05 Å². The SMILES string of the molecule is CN=C(NCC1CN(C)CCO1)NC(C)C(C)C.I. The zero-order valence-electron chi connectivity index (χ0n) is 12.8. The first-order chi connectivity index (χ1) is 8.52. The molecule has 0 aromatic rings. The summed E-state index contributed by atoms with van der Waals surface area (Å²) in [4.78, 5) is 6.53. The first kappa shape index (κ1) is 18.9. The van der Waals surface area contributed by atoms with Crippen molar-refractivity contribution in [2.24, 2.45) is 10.9 Å². The second-order valence-electron chi connectivity index (χ2n) is 5.39. The van der Waals surface area contributed by atoms with E-state index in [9.17, 15) is 0 Å². The molecule has 0 spiro atoms. The lowest BCUT2D eigenvalue weighted by Crippen LogP contribution is -2.50. The fourth-order valence-corrected chi connectivity index (χ4v) is 1.78. The summed E-state index contributed by atoms with van der Waals surface area (Å²) in [6.07, 6.45) is 0.247. The lowest BCUT2D eigenvalue weighted by atomic mass is 10.1. The molecular weight excluding hydrogens is 355 g/mol. The summed E-state index contributed by atoms with van der Waals surface area (Å²) < 4.78 is 5.71. The van der Waals surface area contributed by atoms with Gasteiger partial charge in [0.15, 0.2) is 5.96 Å². The smallest absolute Gasteiger partial charge is 0.191 e. The number of morpholine rings is 1. The van der Waals surface area contributed by atoms with E-state index >= 15 is 0 Å². The molecule has 0 saturated carbocycles. The van der Waals surface area contributed by atoms with Gasteiger partial charge in [0, 0.05) is 32.7 Å². The van der Waals surface area contributed by atoms with Crippen LogP contribution in [0.2, 0.25) is 0 Å². The molecule has 5 nitrogen and oxygen atoms in total. The summed E-state index contributed by atoms with van der Waals surface area (Å²) in [5, 5.41) is 6.72. The van der Waals surface area contributed by atoms with Gasteiger partial charge in [-0.2, -0.15) is 0 Å². The van der Waals surface area contributed by atoms with Crippen LogP contribution in [0, 0.1) is 5.92 Å². The molecule has 0 aliphatic carbocycles. The number of nitrogens with zero attached hydrogens (tertiary/aromatic N) is 2. The Morgan fingerprint density at radius 2 is 2.11 bits per heavy atom. The van der Waals surface area contributed by atoms with Gasteiger partial charge in [0.05, 0.1) is 12.7 Å². The van der Waals surface area contributed by atoms with Gasteiger partial charge < -0.3 is 20.3 Å². The maximum absolute atomic E-state index is 5.71. The molecule has 1 fully saturated rings. The van der Waals surface area contributed by atoms with Crippen LogP contribution in [-0.2, 0) is 4.74 Å². The van der Waals surface area contributed by atoms with Gasteiger partial charge in [0.2, 0.25) is 0 Å². The first-order valence-corrected chi connectivity index (χ1v) is 6.80. The third-order valence-electron chi connectivity index (χ3n) is 3.43. The molecule has 114 valence electrons. The van der Waals surface area contributed by atoms with E-state index in [1.807, 2.05) is 0 Å². The molecule has 1 heterocycles. The fraction of sp³-hybridized carbons (Fsp3) is 0.923. The van der Waals surface area contributed by atoms with Gasteiger partial charge in [0.25, 0.3) is 0 Å². The molecule has 2 N–H and O–H groups in total. The number of halogens is 1. The van der Waals surface area contributed by atoms with Crippen molar-refractivity contribution in [2.45, 2.75) is 32.9 Å². The molecule has 19 heavy (non-hydrogen) atoms. The van der Waals surface area contributed by atoms with Gasteiger partial charge in [0.1, 0.15) is 0 Å². The monoisotopic (exact) mass is 384 g/mol. The lowest BCUT2D eigenvalue weighted by molar-refractivity contribution is -0.0161. The zero-order chi connectivity index (χ0) is 13.5. The Morgan fingerprint density at radius 1 is 1.42 bits per heavy atom. The van der Waals surface area contributed by atoms with Gasteiger partial charge >= 0.3 is 0 Å².